The summed E-state index contributed by atoms with van der Waals surface area (Å²) in [5.74, 6) is 0. The molecule has 1 nitrogen and oxygen atoms in total. The van der Waals surface area contributed by atoms with Crippen LogP contribution in [0, 0.1) is 6.92 Å². The molecule has 0 amide bonds. The second kappa shape index (κ2) is 6.62. The van der Waals surface area contributed by atoms with Gasteiger partial charge in [0.25, 0.3) is 0 Å². The van der Waals surface area contributed by atoms with Crippen molar-refractivity contribution < 1.29 is 0 Å². The Balaban J connectivity index is 1.77. The lowest BCUT2D eigenvalue weighted by atomic mass is 9.62. The lowest BCUT2D eigenvalue weighted by Crippen LogP contribution is -2.34. The molecule has 0 bridgehead atoms. The highest BCUT2D eigenvalue weighted by Gasteiger charge is 2.39. The van der Waals surface area contributed by atoms with Gasteiger partial charge in [0.15, 0.2) is 0 Å². The zero-order valence-electron chi connectivity index (χ0n) is 20.7. The van der Waals surface area contributed by atoms with Crippen LogP contribution in [0.4, 0.5) is 11.4 Å². The first-order valence-corrected chi connectivity index (χ1v) is 11.8. The first-order chi connectivity index (χ1) is 13.7. The van der Waals surface area contributed by atoms with E-state index in [2.05, 4.69) is 98.0 Å². The summed E-state index contributed by atoms with van der Waals surface area (Å²) in [4.78, 5) is 0. The van der Waals surface area contributed by atoms with Crippen molar-refractivity contribution in [2.75, 3.05) is 5.32 Å². The van der Waals surface area contributed by atoms with Crippen LogP contribution in [0.5, 0.6) is 0 Å². The van der Waals surface area contributed by atoms with Crippen LogP contribution in [0.1, 0.15) is 109 Å². The summed E-state index contributed by atoms with van der Waals surface area (Å²) in [5, 5.41) is 3.80. The molecule has 0 spiro atoms. The molecule has 0 aromatic heterocycles. The maximum atomic E-state index is 3.80. The van der Waals surface area contributed by atoms with E-state index < -0.39 is 0 Å². The topological polar surface area (TPSA) is 12.0 Å². The molecule has 2 aliphatic rings. The normalized spacial score (nSPS) is 22.7. The van der Waals surface area contributed by atoms with E-state index in [9.17, 15) is 0 Å². The van der Waals surface area contributed by atoms with Gasteiger partial charge in [-0.1, -0.05) is 67.5 Å². The van der Waals surface area contributed by atoms with Crippen LogP contribution in [-0.2, 0) is 21.7 Å². The smallest absolute Gasteiger partial charge is 0.0417 e. The highest BCUT2D eigenvalue weighted by atomic mass is 14.9. The molecule has 0 heterocycles. The zero-order chi connectivity index (χ0) is 22.1. The van der Waals surface area contributed by atoms with E-state index in [1.165, 1.54) is 59.3 Å². The highest BCUT2D eigenvalue weighted by molar-refractivity contribution is 5.69. The van der Waals surface area contributed by atoms with Gasteiger partial charge in [-0.15, -0.1) is 0 Å². The number of nitrogens with one attached hydrogen (secondary N) is 1. The third kappa shape index (κ3) is 3.39. The number of anilines is 2. The number of benzene rings is 2. The lowest BCUT2D eigenvalue weighted by molar-refractivity contribution is 0.330. The second-order valence-corrected chi connectivity index (χ2v) is 12.6. The summed E-state index contributed by atoms with van der Waals surface area (Å²) in [6.07, 6.45) is 5.01. The minimum atomic E-state index is 0.231. The van der Waals surface area contributed by atoms with Gasteiger partial charge in [0.2, 0.25) is 0 Å². The first-order valence-electron chi connectivity index (χ1n) is 11.8. The zero-order valence-corrected chi connectivity index (χ0v) is 20.7. The maximum Gasteiger partial charge on any atom is 0.0417 e. The number of hydrogen-bond acceptors (Lipinski definition) is 1. The Morgan fingerprint density at radius 3 is 1.73 bits per heavy atom. The molecule has 2 aromatic carbocycles. The minimum Gasteiger partial charge on any atom is -0.355 e. The Hall–Kier alpha value is -1.76. The third-order valence-corrected chi connectivity index (χ3v) is 8.38. The molecule has 0 atom stereocenters. The Labute approximate surface area is 184 Å². The summed E-state index contributed by atoms with van der Waals surface area (Å²) in [7, 11) is 0. The van der Waals surface area contributed by atoms with Crippen molar-refractivity contribution in [3.05, 3.63) is 58.1 Å². The van der Waals surface area contributed by atoms with E-state index in [0.29, 0.717) is 0 Å². The van der Waals surface area contributed by atoms with Crippen LogP contribution in [0.2, 0.25) is 0 Å². The summed E-state index contributed by atoms with van der Waals surface area (Å²) in [5.41, 5.74) is 11.0. The van der Waals surface area contributed by atoms with Gasteiger partial charge >= 0.3 is 0 Å². The van der Waals surface area contributed by atoms with Gasteiger partial charge in [0.05, 0.1) is 0 Å². The van der Waals surface area contributed by atoms with Crippen molar-refractivity contribution >= 4 is 11.4 Å². The van der Waals surface area contributed by atoms with E-state index in [1.54, 1.807) is 5.56 Å². The van der Waals surface area contributed by atoms with E-state index >= 15 is 0 Å². The van der Waals surface area contributed by atoms with Crippen LogP contribution in [0.25, 0.3) is 0 Å². The minimum absolute atomic E-state index is 0.231. The van der Waals surface area contributed by atoms with Crippen LogP contribution >= 0.6 is 0 Å². The van der Waals surface area contributed by atoms with Gasteiger partial charge in [-0.05, 0) is 100 Å². The van der Waals surface area contributed by atoms with E-state index in [-0.39, 0.29) is 21.7 Å². The average molecular weight is 404 g/mol. The molecule has 0 fully saturated rings. The summed E-state index contributed by atoms with van der Waals surface area (Å²) in [6, 6.07) is 11.8. The molecule has 1 N–H and O–H groups in total. The van der Waals surface area contributed by atoms with Gasteiger partial charge in [0, 0.05) is 11.4 Å². The molecule has 0 saturated carbocycles. The molecular formula is C29H41N. The van der Waals surface area contributed by atoms with Gasteiger partial charge < -0.3 is 5.32 Å². The molecule has 2 aromatic rings. The lowest BCUT2D eigenvalue weighted by Gasteiger charge is -2.43. The van der Waals surface area contributed by atoms with Crippen molar-refractivity contribution in [3.8, 4) is 0 Å². The SMILES string of the molecule is Cc1c(Nc2ccc3c(c2)C(C)(C)CCC3(C)C)ccc2c1C(C)(C)CCC2(C)C. The summed E-state index contributed by atoms with van der Waals surface area (Å²) >= 11 is 0. The molecule has 0 unspecified atom stereocenters. The molecule has 0 aliphatic heterocycles. The third-order valence-electron chi connectivity index (χ3n) is 8.38. The Bertz CT molecular complexity index is 988. The first kappa shape index (κ1) is 21.5. The Kier molecular flexibility index (Phi) is 4.74. The van der Waals surface area contributed by atoms with E-state index in [4.69, 9.17) is 0 Å². The highest BCUT2D eigenvalue weighted by Crippen LogP contribution is 2.49. The van der Waals surface area contributed by atoms with Crippen LogP contribution in [0.3, 0.4) is 0 Å². The van der Waals surface area contributed by atoms with Crippen molar-refractivity contribution in [3.63, 3.8) is 0 Å². The standard InChI is InChI=1S/C29H41N/c1-19-24(13-12-22-25(19)29(8,9)17-16-27(22,4)5)30-20-10-11-21-23(18-20)28(6,7)15-14-26(21,2)3/h10-13,18,30H,14-17H2,1-9H3. The second-order valence-electron chi connectivity index (χ2n) is 12.6. The molecule has 1 heteroatoms. The summed E-state index contributed by atoms with van der Waals surface area (Å²) in [6.45, 7) is 21.6. The predicted octanol–water partition coefficient (Wildman–Crippen LogP) is 8.44. The predicted molar refractivity (Wildman–Crippen MR) is 131 cm³/mol. The fourth-order valence-corrected chi connectivity index (χ4v) is 5.99. The van der Waals surface area contributed by atoms with Gasteiger partial charge in [-0.2, -0.15) is 0 Å². The maximum absolute atomic E-state index is 3.80. The molecular weight excluding hydrogens is 362 g/mol. The number of rotatable bonds is 2. The van der Waals surface area contributed by atoms with Crippen LogP contribution in [0.15, 0.2) is 30.3 Å². The monoisotopic (exact) mass is 403 g/mol. The average Bonchev–Trinajstić information content (AvgIpc) is 2.64. The molecule has 0 radical (unpaired) electrons. The Morgan fingerprint density at radius 1 is 0.600 bits per heavy atom. The molecule has 4 rings (SSSR count). The van der Waals surface area contributed by atoms with Crippen LogP contribution < -0.4 is 5.32 Å². The summed E-state index contributed by atoms with van der Waals surface area (Å²) < 4.78 is 0. The Morgan fingerprint density at radius 2 is 1.10 bits per heavy atom. The fourth-order valence-electron chi connectivity index (χ4n) is 5.99. The number of fused-ring (bicyclic) bond motifs is 2. The van der Waals surface area contributed by atoms with Gasteiger partial charge in [-0.3, -0.25) is 0 Å². The molecule has 30 heavy (non-hydrogen) atoms. The quantitative estimate of drug-likeness (QED) is 0.530. The number of hydrogen-bond donors (Lipinski definition) is 1. The molecule has 162 valence electrons. The van der Waals surface area contributed by atoms with Crippen molar-refractivity contribution in [2.45, 2.75) is 110 Å². The fraction of sp³-hybridized carbons (Fsp3) is 0.586. The largest absolute Gasteiger partial charge is 0.355 e. The molecule has 2 aliphatic carbocycles. The van der Waals surface area contributed by atoms with E-state index in [0.717, 1.165) is 0 Å². The van der Waals surface area contributed by atoms with Crippen molar-refractivity contribution in [2.24, 2.45) is 0 Å². The van der Waals surface area contributed by atoms with E-state index in [1.807, 2.05) is 0 Å². The van der Waals surface area contributed by atoms with Gasteiger partial charge in [0.1, 0.15) is 0 Å². The molecule has 0 saturated heterocycles. The van der Waals surface area contributed by atoms with Gasteiger partial charge in [-0.25, -0.2) is 0 Å². The van der Waals surface area contributed by atoms with Crippen LogP contribution in [-0.4, -0.2) is 0 Å². The van der Waals surface area contributed by atoms with Crippen molar-refractivity contribution in [1.29, 1.82) is 0 Å². The van der Waals surface area contributed by atoms with Crippen molar-refractivity contribution in [1.82, 2.24) is 0 Å².